The monoisotopic (exact) mass is 341 g/mol. The van der Waals surface area contributed by atoms with Crippen LogP contribution in [0, 0.1) is 0 Å². The zero-order valence-corrected chi connectivity index (χ0v) is 13.8. The molecule has 0 spiro atoms. The number of nitrogens with two attached hydrogens (primary N) is 1. The van der Waals surface area contributed by atoms with Gasteiger partial charge < -0.3 is 10.7 Å². The smallest absolute Gasteiger partial charge is 0.248 e. The number of carbonyl (C=O) groups is 2. The lowest BCUT2D eigenvalue weighted by atomic mass is 10.0. The van der Waals surface area contributed by atoms with Crippen LogP contribution in [-0.4, -0.2) is 21.7 Å². The Bertz CT molecular complexity index is 1110. The first-order valence-electron chi connectivity index (χ1n) is 8.11. The third-order valence-corrected chi connectivity index (χ3v) is 4.22. The summed E-state index contributed by atoms with van der Waals surface area (Å²) in [6, 6.07) is 21.5. The number of carbonyl (C=O) groups excluding carboxylic acids is 2. The minimum absolute atomic E-state index is 0.0205. The first-order valence-corrected chi connectivity index (χ1v) is 8.11. The number of hydrogen-bond donors (Lipinski definition) is 2. The van der Waals surface area contributed by atoms with Gasteiger partial charge in [-0.15, -0.1) is 0 Å². The molecule has 0 saturated heterocycles. The van der Waals surface area contributed by atoms with Crippen molar-refractivity contribution >= 4 is 22.7 Å². The average Bonchev–Trinajstić information content (AvgIpc) is 3.11. The van der Waals surface area contributed by atoms with Gasteiger partial charge in [-0.25, -0.2) is 4.98 Å². The summed E-state index contributed by atoms with van der Waals surface area (Å²) in [6.07, 6.45) is 0. The maximum Gasteiger partial charge on any atom is 0.248 e. The molecule has 0 saturated carbocycles. The molecule has 5 nitrogen and oxygen atoms in total. The molecule has 1 heterocycles. The molecular formula is C21H15N3O2. The highest BCUT2D eigenvalue weighted by atomic mass is 16.1. The number of fused-ring (bicyclic) bond motifs is 1. The SMILES string of the molecule is NC(=O)c1ccc2nc(-c3ccc(C(=O)c4ccccc4)cc3)[nH]c2c1. The highest BCUT2D eigenvalue weighted by molar-refractivity contribution is 6.09. The first-order chi connectivity index (χ1) is 12.6. The van der Waals surface area contributed by atoms with Gasteiger partial charge >= 0.3 is 0 Å². The molecule has 0 aliphatic heterocycles. The zero-order valence-electron chi connectivity index (χ0n) is 13.8. The Labute approximate surface area is 149 Å². The van der Waals surface area contributed by atoms with Crippen LogP contribution in [0.5, 0.6) is 0 Å². The van der Waals surface area contributed by atoms with Gasteiger partial charge in [0, 0.05) is 22.3 Å². The maximum atomic E-state index is 12.5. The third kappa shape index (κ3) is 2.86. The Kier molecular flexibility index (Phi) is 3.82. The van der Waals surface area contributed by atoms with Crippen molar-refractivity contribution in [1.29, 1.82) is 0 Å². The summed E-state index contributed by atoms with van der Waals surface area (Å²) in [5.74, 6) is 0.167. The molecule has 0 unspecified atom stereocenters. The van der Waals surface area contributed by atoms with Crippen molar-refractivity contribution in [3.05, 3.63) is 89.5 Å². The molecule has 0 aliphatic rings. The van der Waals surface area contributed by atoms with Gasteiger partial charge in [0.1, 0.15) is 5.82 Å². The molecular weight excluding hydrogens is 326 g/mol. The second kappa shape index (κ2) is 6.29. The number of rotatable bonds is 4. The average molecular weight is 341 g/mol. The Hall–Kier alpha value is -3.73. The maximum absolute atomic E-state index is 12.5. The zero-order chi connectivity index (χ0) is 18.1. The van der Waals surface area contributed by atoms with Gasteiger partial charge in [0.2, 0.25) is 5.91 Å². The number of ketones is 1. The number of aromatic amines is 1. The molecule has 1 amide bonds. The van der Waals surface area contributed by atoms with Crippen LogP contribution in [0.25, 0.3) is 22.4 Å². The van der Waals surface area contributed by atoms with E-state index < -0.39 is 5.91 Å². The lowest BCUT2D eigenvalue weighted by molar-refractivity contribution is 0.0998. The lowest BCUT2D eigenvalue weighted by Gasteiger charge is -2.02. The number of H-pyrrole nitrogens is 1. The van der Waals surface area contributed by atoms with E-state index in [1.807, 2.05) is 30.3 Å². The number of aromatic nitrogens is 2. The number of amides is 1. The summed E-state index contributed by atoms with van der Waals surface area (Å²) in [5.41, 5.74) is 9.35. The van der Waals surface area contributed by atoms with Crippen LogP contribution in [0.4, 0.5) is 0 Å². The molecule has 4 rings (SSSR count). The second-order valence-electron chi connectivity index (χ2n) is 5.95. The molecule has 3 N–H and O–H groups in total. The van der Waals surface area contributed by atoms with E-state index in [2.05, 4.69) is 9.97 Å². The molecule has 0 fully saturated rings. The fourth-order valence-electron chi connectivity index (χ4n) is 2.84. The van der Waals surface area contributed by atoms with Crippen LogP contribution in [-0.2, 0) is 0 Å². The number of hydrogen-bond acceptors (Lipinski definition) is 3. The molecule has 3 aromatic carbocycles. The van der Waals surface area contributed by atoms with Gasteiger partial charge in [-0.3, -0.25) is 9.59 Å². The molecule has 0 bridgehead atoms. The summed E-state index contributed by atoms with van der Waals surface area (Å²) < 4.78 is 0. The van der Waals surface area contributed by atoms with Crippen molar-refractivity contribution in [2.75, 3.05) is 0 Å². The standard InChI is InChI=1S/C21H15N3O2/c22-20(26)16-10-11-17-18(12-16)24-21(23-17)15-8-6-14(7-9-15)19(25)13-4-2-1-3-5-13/h1-12H,(H2,22,26)(H,23,24). The van der Waals surface area contributed by atoms with Crippen LogP contribution < -0.4 is 5.73 Å². The minimum Gasteiger partial charge on any atom is -0.366 e. The van der Waals surface area contributed by atoms with Crippen molar-refractivity contribution in [3.8, 4) is 11.4 Å². The summed E-state index contributed by atoms with van der Waals surface area (Å²) in [4.78, 5) is 31.5. The van der Waals surface area contributed by atoms with Gasteiger partial charge in [0.25, 0.3) is 0 Å². The molecule has 5 heteroatoms. The molecule has 26 heavy (non-hydrogen) atoms. The molecule has 4 aromatic rings. The van der Waals surface area contributed by atoms with E-state index in [1.165, 1.54) is 0 Å². The summed E-state index contributed by atoms with van der Waals surface area (Å²) in [7, 11) is 0. The van der Waals surface area contributed by atoms with Gasteiger partial charge in [-0.05, 0) is 18.2 Å². The number of primary amides is 1. The predicted molar refractivity (Wildman–Crippen MR) is 99.9 cm³/mol. The Balaban J connectivity index is 1.65. The topological polar surface area (TPSA) is 88.8 Å². The van der Waals surface area contributed by atoms with Crippen LogP contribution in [0.3, 0.4) is 0 Å². The summed E-state index contributed by atoms with van der Waals surface area (Å²) >= 11 is 0. The number of nitrogens with one attached hydrogen (secondary N) is 1. The molecule has 1 aromatic heterocycles. The highest BCUT2D eigenvalue weighted by Crippen LogP contribution is 2.22. The van der Waals surface area contributed by atoms with E-state index in [4.69, 9.17) is 5.73 Å². The fraction of sp³-hybridized carbons (Fsp3) is 0. The normalized spacial score (nSPS) is 10.8. The van der Waals surface area contributed by atoms with Crippen molar-refractivity contribution < 1.29 is 9.59 Å². The van der Waals surface area contributed by atoms with Gasteiger partial charge in [-0.2, -0.15) is 0 Å². The van der Waals surface area contributed by atoms with Crippen LogP contribution in [0.1, 0.15) is 26.3 Å². The third-order valence-electron chi connectivity index (χ3n) is 4.22. The Morgan fingerprint density at radius 1 is 0.808 bits per heavy atom. The predicted octanol–water partition coefficient (Wildman–Crippen LogP) is 3.56. The molecule has 0 radical (unpaired) electrons. The molecule has 126 valence electrons. The Morgan fingerprint density at radius 2 is 1.46 bits per heavy atom. The van der Waals surface area contributed by atoms with Gasteiger partial charge in [0.15, 0.2) is 5.78 Å². The van der Waals surface area contributed by atoms with Crippen molar-refractivity contribution in [2.45, 2.75) is 0 Å². The molecule has 0 atom stereocenters. The highest BCUT2D eigenvalue weighted by Gasteiger charge is 2.11. The van der Waals surface area contributed by atoms with E-state index in [0.717, 1.165) is 16.6 Å². The Morgan fingerprint density at radius 3 is 2.15 bits per heavy atom. The van der Waals surface area contributed by atoms with Crippen molar-refractivity contribution in [1.82, 2.24) is 9.97 Å². The van der Waals surface area contributed by atoms with E-state index >= 15 is 0 Å². The van der Waals surface area contributed by atoms with Crippen LogP contribution >= 0.6 is 0 Å². The molecule has 0 aliphatic carbocycles. The minimum atomic E-state index is -0.480. The van der Waals surface area contributed by atoms with E-state index in [9.17, 15) is 9.59 Å². The first kappa shape index (κ1) is 15.8. The van der Waals surface area contributed by atoms with Gasteiger partial charge in [0.05, 0.1) is 11.0 Å². The van der Waals surface area contributed by atoms with Crippen molar-refractivity contribution in [2.24, 2.45) is 5.73 Å². The number of imidazole rings is 1. The largest absolute Gasteiger partial charge is 0.366 e. The van der Waals surface area contributed by atoms with E-state index in [1.54, 1.807) is 42.5 Å². The lowest BCUT2D eigenvalue weighted by Crippen LogP contribution is -2.10. The van der Waals surface area contributed by atoms with Crippen LogP contribution in [0.15, 0.2) is 72.8 Å². The number of benzene rings is 3. The summed E-state index contributed by atoms with van der Waals surface area (Å²) in [6.45, 7) is 0. The fourth-order valence-corrected chi connectivity index (χ4v) is 2.84. The van der Waals surface area contributed by atoms with E-state index in [-0.39, 0.29) is 5.78 Å². The number of nitrogens with zero attached hydrogens (tertiary/aromatic N) is 1. The van der Waals surface area contributed by atoms with Crippen LogP contribution in [0.2, 0.25) is 0 Å². The van der Waals surface area contributed by atoms with E-state index in [0.29, 0.717) is 22.5 Å². The second-order valence-corrected chi connectivity index (χ2v) is 5.95. The summed E-state index contributed by atoms with van der Waals surface area (Å²) in [5, 5.41) is 0. The van der Waals surface area contributed by atoms with Crippen molar-refractivity contribution in [3.63, 3.8) is 0 Å². The quantitative estimate of drug-likeness (QED) is 0.556. The van der Waals surface area contributed by atoms with Gasteiger partial charge in [-0.1, -0.05) is 54.6 Å².